The molecule has 1 unspecified atom stereocenters. The van der Waals surface area contributed by atoms with Gasteiger partial charge in [0, 0.05) is 12.6 Å². The lowest BCUT2D eigenvalue weighted by atomic mass is 10.0. The van der Waals surface area contributed by atoms with E-state index in [1.54, 1.807) is 12.1 Å². The Morgan fingerprint density at radius 1 is 1.20 bits per heavy atom. The lowest BCUT2D eigenvalue weighted by molar-refractivity contribution is 0.0475. The number of benzene rings is 1. The van der Waals surface area contributed by atoms with Gasteiger partial charge in [0.15, 0.2) is 0 Å². The molecule has 4 heteroatoms. The summed E-state index contributed by atoms with van der Waals surface area (Å²) in [7, 11) is 0. The summed E-state index contributed by atoms with van der Waals surface area (Å²) < 4.78 is 11.1. The van der Waals surface area contributed by atoms with E-state index >= 15 is 0 Å². The summed E-state index contributed by atoms with van der Waals surface area (Å²) in [6.45, 7) is 10.0. The molecular weight excluding hydrogens is 314 g/mol. The number of carbonyl (C=O) groups is 1. The van der Waals surface area contributed by atoms with Crippen molar-refractivity contribution in [2.75, 3.05) is 26.3 Å². The fourth-order valence-electron chi connectivity index (χ4n) is 3.11. The van der Waals surface area contributed by atoms with Crippen LogP contribution in [0.25, 0.3) is 0 Å². The van der Waals surface area contributed by atoms with Crippen molar-refractivity contribution in [2.24, 2.45) is 5.92 Å². The summed E-state index contributed by atoms with van der Waals surface area (Å²) >= 11 is 0. The van der Waals surface area contributed by atoms with Gasteiger partial charge in [-0.05, 0) is 69.3 Å². The number of hydrogen-bond acceptors (Lipinski definition) is 4. The van der Waals surface area contributed by atoms with Crippen LogP contribution in [0.4, 0.5) is 0 Å². The Labute approximate surface area is 152 Å². The topological polar surface area (TPSA) is 38.8 Å². The summed E-state index contributed by atoms with van der Waals surface area (Å²) in [5, 5.41) is 0. The standard InChI is InChI=1S/C21H33NO3/c1-17(2)12-16-24-20-10-8-19(9-11-20)21(23)25-15-6-14-22-13-5-4-7-18(22)3/h8-11,17-18H,4-7,12-16H2,1-3H3. The first kappa shape index (κ1) is 19.8. The molecule has 0 radical (unpaired) electrons. The van der Waals surface area contributed by atoms with Crippen molar-refractivity contribution in [2.45, 2.75) is 58.9 Å². The first-order valence-corrected chi connectivity index (χ1v) is 9.70. The van der Waals surface area contributed by atoms with Crippen LogP contribution in [0.1, 0.15) is 63.2 Å². The fourth-order valence-corrected chi connectivity index (χ4v) is 3.11. The van der Waals surface area contributed by atoms with Crippen molar-refractivity contribution in [1.82, 2.24) is 4.90 Å². The SMILES string of the molecule is CC(C)CCOc1ccc(C(=O)OCCCN2CCCCC2C)cc1. The molecule has 0 aromatic heterocycles. The van der Waals surface area contributed by atoms with Crippen molar-refractivity contribution in [3.63, 3.8) is 0 Å². The molecule has 0 amide bonds. The zero-order valence-corrected chi connectivity index (χ0v) is 16.0. The van der Waals surface area contributed by atoms with Crippen LogP contribution in [0.15, 0.2) is 24.3 Å². The number of likely N-dealkylation sites (tertiary alicyclic amines) is 1. The van der Waals surface area contributed by atoms with E-state index in [0.717, 1.165) is 25.1 Å². The second-order valence-electron chi connectivity index (χ2n) is 7.43. The smallest absolute Gasteiger partial charge is 0.338 e. The van der Waals surface area contributed by atoms with Gasteiger partial charge in [-0.15, -0.1) is 0 Å². The molecule has 1 aliphatic rings. The van der Waals surface area contributed by atoms with E-state index in [2.05, 4.69) is 25.7 Å². The third kappa shape index (κ3) is 7.07. The molecule has 25 heavy (non-hydrogen) atoms. The molecule has 0 bridgehead atoms. The number of hydrogen-bond donors (Lipinski definition) is 0. The van der Waals surface area contributed by atoms with E-state index < -0.39 is 0 Å². The van der Waals surface area contributed by atoms with Gasteiger partial charge in [-0.3, -0.25) is 0 Å². The molecule has 0 saturated carbocycles. The predicted octanol–water partition coefficient (Wildman–Crippen LogP) is 4.53. The first-order valence-electron chi connectivity index (χ1n) is 9.70. The molecule has 1 aromatic carbocycles. The average molecular weight is 347 g/mol. The Balaban J connectivity index is 1.66. The quantitative estimate of drug-likeness (QED) is 0.486. The van der Waals surface area contributed by atoms with Gasteiger partial charge in [-0.2, -0.15) is 0 Å². The minimum absolute atomic E-state index is 0.250. The third-order valence-corrected chi connectivity index (χ3v) is 4.82. The van der Waals surface area contributed by atoms with Crippen LogP contribution in [0.3, 0.4) is 0 Å². The van der Waals surface area contributed by atoms with Crippen LogP contribution >= 0.6 is 0 Å². The Hall–Kier alpha value is -1.55. The van der Waals surface area contributed by atoms with Crippen LogP contribution in [0.2, 0.25) is 0 Å². The molecule has 1 aliphatic heterocycles. The van der Waals surface area contributed by atoms with Crippen LogP contribution in [-0.4, -0.2) is 43.2 Å². The molecule has 1 saturated heterocycles. The molecule has 0 N–H and O–H groups in total. The van der Waals surface area contributed by atoms with Crippen LogP contribution in [0, 0.1) is 5.92 Å². The van der Waals surface area contributed by atoms with Crippen molar-refractivity contribution < 1.29 is 14.3 Å². The summed E-state index contributed by atoms with van der Waals surface area (Å²) in [6.07, 6.45) is 5.83. The molecule has 0 aliphatic carbocycles. The summed E-state index contributed by atoms with van der Waals surface area (Å²) in [4.78, 5) is 14.6. The lowest BCUT2D eigenvalue weighted by Crippen LogP contribution is -2.38. The Morgan fingerprint density at radius 3 is 2.64 bits per heavy atom. The van der Waals surface area contributed by atoms with E-state index in [1.165, 1.54) is 25.8 Å². The highest BCUT2D eigenvalue weighted by Crippen LogP contribution is 2.17. The van der Waals surface area contributed by atoms with Gasteiger partial charge in [-0.25, -0.2) is 4.79 Å². The van der Waals surface area contributed by atoms with Crippen LogP contribution in [-0.2, 0) is 4.74 Å². The molecule has 1 fully saturated rings. The normalized spacial score (nSPS) is 18.3. The number of esters is 1. The maximum Gasteiger partial charge on any atom is 0.338 e. The van der Waals surface area contributed by atoms with E-state index in [0.29, 0.717) is 30.7 Å². The number of piperidine rings is 1. The minimum atomic E-state index is -0.250. The van der Waals surface area contributed by atoms with Gasteiger partial charge in [0.1, 0.15) is 5.75 Å². The monoisotopic (exact) mass is 347 g/mol. The average Bonchev–Trinajstić information content (AvgIpc) is 2.60. The van der Waals surface area contributed by atoms with Gasteiger partial charge in [0.2, 0.25) is 0 Å². The molecule has 140 valence electrons. The van der Waals surface area contributed by atoms with Crippen LogP contribution < -0.4 is 4.74 Å². The molecular formula is C21H33NO3. The van der Waals surface area contributed by atoms with Gasteiger partial charge >= 0.3 is 5.97 Å². The maximum atomic E-state index is 12.1. The lowest BCUT2D eigenvalue weighted by Gasteiger charge is -2.33. The highest BCUT2D eigenvalue weighted by atomic mass is 16.5. The number of nitrogens with zero attached hydrogens (tertiary/aromatic N) is 1. The molecule has 1 heterocycles. The molecule has 1 aromatic rings. The van der Waals surface area contributed by atoms with Crippen LogP contribution in [0.5, 0.6) is 5.75 Å². The van der Waals surface area contributed by atoms with E-state index in [4.69, 9.17) is 9.47 Å². The summed E-state index contributed by atoms with van der Waals surface area (Å²) in [5.41, 5.74) is 0.586. The Kier molecular flexibility index (Phi) is 8.26. The predicted molar refractivity (Wildman–Crippen MR) is 101 cm³/mol. The van der Waals surface area contributed by atoms with Crippen molar-refractivity contribution in [3.8, 4) is 5.75 Å². The van der Waals surface area contributed by atoms with E-state index in [9.17, 15) is 4.79 Å². The van der Waals surface area contributed by atoms with E-state index in [-0.39, 0.29) is 5.97 Å². The highest BCUT2D eigenvalue weighted by Gasteiger charge is 2.17. The van der Waals surface area contributed by atoms with Gasteiger partial charge in [0.25, 0.3) is 0 Å². The fraction of sp³-hybridized carbons (Fsp3) is 0.667. The second kappa shape index (κ2) is 10.4. The third-order valence-electron chi connectivity index (χ3n) is 4.82. The first-order chi connectivity index (χ1) is 12.1. The van der Waals surface area contributed by atoms with Crippen molar-refractivity contribution in [3.05, 3.63) is 29.8 Å². The van der Waals surface area contributed by atoms with Gasteiger partial charge < -0.3 is 14.4 Å². The van der Waals surface area contributed by atoms with E-state index in [1.807, 2.05) is 12.1 Å². The van der Waals surface area contributed by atoms with Gasteiger partial charge in [-0.1, -0.05) is 20.3 Å². The molecule has 1 atom stereocenters. The summed E-state index contributed by atoms with van der Waals surface area (Å²) in [6, 6.07) is 7.89. The van der Waals surface area contributed by atoms with Crippen molar-refractivity contribution >= 4 is 5.97 Å². The van der Waals surface area contributed by atoms with Crippen molar-refractivity contribution in [1.29, 1.82) is 0 Å². The largest absolute Gasteiger partial charge is 0.494 e. The summed E-state index contributed by atoms with van der Waals surface area (Å²) in [5.74, 6) is 1.18. The minimum Gasteiger partial charge on any atom is -0.494 e. The number of ether oxygens (including phenoxy) is 2. The molecule has 0 spiro atoms. The number of carbonyl (C=O) groups excluding carboxylic acids is 1. The number of rotatable bonds is 9. The highest BCUT2D eigenvalue weighted by molar-refractivity contribution is 5.89. The second-order valence-corrected chi connectivity index (χ2v) is 7.43. The molecule has 2 rings (SSSR count). The zero-order valence-electron chi connectivity index (χ0n) is 16.0. The zero-order chi connectivity index (χ0) is 18.1. The van der Waals surface area contributed by atoms with Gasteiger partial charge in [0.05, 0.1) is 18.8 Å². The Bertz CT molecular complexity index is 512. The maximum absolute atomic E-state index is 12.1. The Morgan fingerprint density at radius 2 is 1.96 bits per heavy atom. The molecule has 4 nitrogen and oxygen atoms in total.